The van der Waals surface area contributed by atoms with Gasteiger partial charge in [-0.05, 0) is 0 Å². The molecule has 9 heteroatoms. The Morgan fingerprint density at radius 1 is 1.35 bits per heavy atom. The third kappa shape index (κ3) is 4.74. The van der Waals surface area contributed by atoms with Crippen LogP contribution in [0.1, 0.15) is 5.56 Å². The minimum atomic E-state index is -4.51. The average Bonchev–Trinajstić information content (AvgIpc) is 2.29. The maximum Gasteiger partial charge on any atom is 0.401 e. The number of hydrogen-bond donors (Lipinski definition) is 1. The normalized spacial score (nSPS) is 11.9. The zero-order valence-corrected chi connectivity index (χ0v) is 10.2. The van der Waals surface area contributed by atoms with E-state index in [0.29, 0.717) is 0 Å². The van der Waals surface area contributed by atoms with Gasteiger partial charge in [0.1, 0.15) is 0 Å². The van der Waals surface area contributed by atoms with Crippen molar-refractivity contribution in [3.63, 3.8) is 0 Å². The number of hydrogen-bond acceptors (Lipinski definition) is 4. The van der Waals surface area contributed by atoms with Gasteiger partial charge in [0, 0.05) is 24.7 Å². The molecule has 112 valence electrons. The van der Waals surface area contributed by atoms with Crippen molar-refractivity contribution in [2.45, 2.75) is 12.7 Å². The van der Waals surface area contributed by atoms with Crippen molar-refractivity contribution in [1.29, 1.82) is 0 Å². The number of alkyl halides is 3. The number of nitro groups is 1. The fourth-order valence-electron chi connectivity index (χ4n) is 1.68. The maximum atomic E-state index is 13.7. The maximum absolute atomic E-state index is 13.7. The lowest BCUT2D eigenvalue weighted by Crippen LogP contribution is -2.36. The van der Waals surface area contributed by atoms with E-state index in [2.05, 4.69) is 0 Å². The van der Waals surface area contributed by atoms with Crippen LogP contribution in [0.25, 0.3) is 0 Å². The Kier molecular flexibility index (Phi) is 5.40. The molecule has 1 aromatic rings. The first kappa shape index (κ1) is 16.3. The molecule has 0 bridgehead atoms. The van der Waals surface area contributed by atoms with E-state index in [-0.39, 0.29) is 12.1 Å². The van der Waals surface area contributed by atoms with Crippen LogP contribution in [-0.4, -0.2) is 40.8 Å². The fraction of sp³-hybridized carbons (Fsp3) is 0.455. The minimum Gasteiger partial charge on any atom is -0.395 e. The molecule has 0 atom stereocenters. The van der Waals surface area contributed by atoms with Gasteiger partial charge >= 0.3 is 11.9 Å². The highest BCUT2D eigenvalue weighted by Crippen LogP contribution is 2.23. The van der Waals surface area contributed by atoms with Crippen LogP contribution in [0.4, 0.5) is 23.2 Å². The number of aliphatic hydroxyl groups excluding tert-OH is 1. The van der Waals surface area contributed by atoms with Crippen LogP contribution in [0.15, 0.2) is 18.2 Å². The molecule has 0 unspecified atom stereocenters. The van der Waals surface area contributed by atoms with Gasteiger partial charge in [0.05, 0.1) is 18.1 Å². The third-order valence-electron chi connectivity index (χ3n) is 2.47. The summed E-state index contributed by atoms with van der Waals surface area (Å²) in [6, 6.07) is 3.29. The first-order valence-electron chi connectivity index (χ1n) is 5.56. The molecule has 5 nitrogen and oxygen atoms in total. The molecule has 0 fully saturated rings. The van der Waals surface area contributed by atoms with E-state index >= 15 is 0 Å². The van der Waals surface area contributed by atoms with Gasteiger partial charge in [-0.2, -0.15) is 17.6 Å². The summed E-state index contributed by atoms with van der Waals surface area (Å²) in [5.41, 5.74) is -1.02. The van der Waals surface area contributed by atoms with E-state index in [1.807, 2.05) is 0 Å². The molecule has 1 rings (SSSR count). The molecule has 0 aliphatic heterocycles. The summed E-state index contributed by atoms with van der Waals surface area (Å²) < 4.78 is 50.7. The molecule has 0 aliphatic carbocycles. The highest BCUT2D eigenvalue weighted by molar-refractivity contribution is 5.36. The van der Waals surface area contributed by atoms with Crippen LogP contribution in [-0.2, 0) is 6.54 Å². The third-order valence-corrected chi connectivity index (χ3v) is 2.47. The lowest BCUT2D eigenvalue weighted by molar-refractivity contribution is -0.387. The van der Waals surface area contributed by atoms with Crippen LogP contribution in [0.5, 0.6) is 0 Å². The van der Waals surface area contributed by atoms with E-state index in [4.69, 9.17) is 5.11 Å². The smallest absolute Gasteiger partial charge is 0.395 e. The van der Waals surface area contributed by atoms with E-state index in [1.165, 1.54) is 12.1 Å². The lowest BCUT2D eigenvalue weighted by Gasteiger charge is -2.22. The van der Waals surface area contributed by atoms with Crippen molar-refractivity contribution >= 4 is 5.69 Å². The number of benzene rings is 1. The van der Waals surface area contributed by atoms with Gasteiger partial charge in [-0.1, -0.05) is 12.1 Å². The van der Waals surface area contributed by atoms with Crippen molar-refractivity contribution in [3.8, 4) is 0 Å². The minimum absolute atomic E-state index is 0.225. The molecule has 0 heterocycles. The Morgan fingerprint density at radius 3 is 2.50 bits per heavy atom. The lowest BCUT2D eigenvalue weighted by atomic mass is 10.1. The Balaban J connectivity index is 2.94. The summed E-state index contributed by atoms with van der Waals surface area (Å²) in [6.07, 6.45) is -4.51. The largest absolute Gasteiger partial charge is 0.401 e. The summed E-state index contributed by atoms with van der Waals surface area (Å²) in [4.78, 5) is 10.4. The molecule has 1 aromatic carbocycles. The predicted octanol–water partition coefficient (Wildman–Crippen LogP) is 2.09. The Labute approximate surface area is 111 Å². The molecule has 0 radical (unpaired) electrons. The van der Waals surface area contributed by atoms with Gasteiger partial charge in [-0.15, -0.1) is 0 Å². The molecule has 0 aliphatic rings. The molecule has 0 spiro atoms. The molecular weight excluding hydrogens is 284 g/mol. The Morgan fingerprint density at radius 2 is 2.00 bits per heavy atom. The number of nitrogens with zero attached hydrogens (tertiary/aromatic N) is 2. The SMILES string of the molecule is O=[N+]([O-])c1cccc(CN(CCO)CC(F)(F)F)c1F. The molecule has 0 saturated carbocycles. The van der Waals surface area contributed by atoms with E-state index < -0.39 is 42.3 Å². The van der Waals surface area contributed by atoms with E-state index in [9.17, 15) is 27.7 Å². The summed E-state index contributed by atoms with van der Waals surface area (Å²) in [5, 5.41) is 19.3. The van der Waals surface area contributed by atoms with Crippen molar-refractivity contribution < 1.29 is 27.6 Å². The number of halogens is 4. The highest BCUT2D eigenvalue weighted by Gasteiger charge is 2.31. The molecule has 1 N–H and O–H groups in total. The number of nitro benzene ring substituents is 1. The van der Waals surface area contributed by atoms with Crippen molar-refractivity contribution in [2.75, 3.05) is 19.7 Å². The molecule has 0 aromatic heterocycles. The van der Waals surface area contributed by atoms with Gasteiger partial charge in [0.25, 0.3) is 0 Å². The summed E-state index contributed by atoms with van der Waals surface area (Å²) in [6.45, 7) is -2.67. The number of rotatable bonds is 6. The van der Waals surface area contributed by atoms with Gasteiger partial charge < -0.3 is 5.11 Å². The Bertz CT molecular complexity index is 479. The Hall–Kier alpha value is -1.74. The molecule has 20 heavy (non-hydrogen) atoms. The summed E-state index contributed by atoms with van der Waals surface area (Å²) in [5.74, 6) is -1.16. The second-order valence-corrected chi connectivity index (χ2v) is 4.06. The van der Waals surface area contributed by atoms with Crippen LogP contribution >= 0.6 is 0 Å². The summed E-state index contributed by atoms with van der Waals surface area (Å²) >= 11 is 0. The zero-order valence-electron chi connectivity index (χ0n) is 10.2. The fourth-order valence-corrected chi connectivity index (χ4v) is 1.68. The second-order valence-electron chi connectivity index (χ2n) is 4.06. The van der Waals surface area contributed by atoms with Crippen molar-refractivity contribution in [2.24, 2.45) is 0 Å². The molecule has 0 amide bonds. The predicted molar refractivity (Wildman–Crippen MR) is 61.5 cm³/mol. The number of aliphatic hydroxyl groups is 1. The molecular formula is C11H12F4N2O3. The molecule has 0 saturated heterocycles. The van der Waals surface area contributed by atoms with Gasteiger partial charge in [0.2, 0.25) is 5.82 Å². The van der Waals surface area contributed by atoms with Gasteiger partial charge in [-0.3, -0.25) is 15.0 Å². The summed E-state index contributed by atoms with van der Waals surface area (Å²) in [7, 11) is 0. The topological polar surface area (TPSA) is 66.6 Å². The zero-order chi connectivity index (χ0) is 15.3. The van der Waals surface area contributed by atoms with E-state index in [1.54, 1.807) is 0 Å². The second kappa shape index (κ2) is 6.62. The van der Waals surface area contributed by atoms with Crippen LogP contribution in [0, 0.1) is 15.9 Å². The quantitative estimate of drug-likeness (QED) is 0.496. The van der Waals surface area contributed by atoms with Crippen LogP contribution < -0.4 is 0 Å². The average molecular weight is 296 g/mol. The van der Waals surface area contributed by atoms with Crippen LogP contribution in [0.3, 0.4) is 0 Å². The van der Waals surface area contributed by atoms with Gasteiger partial charge in [0.15, 0.2) is 0 Å². The highest BCUT2D eigenvalue weighted by atomic mass is 19.4. The first-order chi connectivity index (χ1) is 9.24. The first-order valence-corrected chi connectivity index (χ1v) is 5.56. The van der Waals surface area contributed by atoms with Crippen molar-refractivity contribution in [3.05, 3.63) is 39.7 Å². The van der Waals surface area contributed by atoms with Crippen molar-refractivity contribution in [1.82, 2.24) is 4.90 Å². The van der Waals surface area contributed by atoms with Crippen LogP contribution in [0.2, 0.25) is 0 Å². The van der Waals surface area contributed by atoms with Gasteiger partial charge in [-0.25, -0.2) is 0 Å². The van der Waals surface area contributed by atoms with E-state index in [0.717, 1.165) is 11.0 Å². The monoisotopic (exact) mass is 296 g/mol. The standard InChI is InChI=1S/C11H12F4N2O3/c12-10-8(2-1-3-9(10)17(19)20)6-16(4-5-18)7-11(13,14)15/h1-3,18H,4-7H2.